The molecule has 43 heavy (non-hydrogen) atoms. The standard InChI is InChI=1S/C35H27N3O3S2/c1-41-31-14-8-7-13-29(31)30-22-42-35(37-30)38-34(40)32(24-10-3-2-4-11-24)43-28-19-17-27(18-20-28)36-33(39)26-16-15-23-9-5-6-12-25(23)21-26/h2-22,32H,1H3,(H,36,39)(H,37,38,40). The van der Waals surface area contributed by atoms with Crippen LogP contribution in [-0.2, 0) is 4.79 Å². The summed E-state index contributed by atoms with van der Waals surface area (Å²) in [5.74, 6) is 0.370. The third kappa shape index (κ3) is 6.61. The first kappa shape index (κ1) is 28.2. The van der Waals surface area contributed by atoms with E-state index in [2.05, 4.69) is 15.6 Å². The lowest BCUT2D eigenvalue weighted by Crippen LogP contribution is -2.19. The van der Waals surface area contributed by atoms with Crippen molar-refractivity contribution in [3.63, 3.8) is 0 Å². The van der Waals surface area contributed by atoms with Crippen LogP contribution in [0.3, 0.4) is 0 Å². The number of nitrogens with zero attached hydrogens (tertiary/aromatic N) is 1. The fourth-order valence-corrected chi connectivity index (χ4v) is 6.41. The Labute approximate surface area is 257 Å². The van der Waals surface area contributed by atoms with Gasteiger partial charge in [-0.15, -0.1) is 23.1 Å². The van der Waals surface area contributed by atoms with Gasteiger partial charge in [0.25, 0.3) is 5.91 Å². The van der Waals surface area contributed by atoms with Crippen molar-refractivity contribution in [3.8, 4) is 17.0 Å². The smallest absolute Gasteiger partial charge is 0.255 e. The molecule has 1 aromatic heterocycles. The molecule has 1 heterocycles. The van der Waals surface area contributed by atoms with E-state index in [-0.39, 0.29) is 11.8 Å². The lowest BCUT2D eigenvalue weighted by Gasteiger charge is -2.16. The minimum Gasteiger partial charge on any atom is -0.496 e. The molecule has 0 aliphatic heterocycles. The van der Waals surface area contributed by atoms with Crippen molar-refractivity contribution in [2.24, 2.45) is 0 Å². The number of fused-ring (bicyclic) bond motifs is 1. The maximum Gasteiger partial charge on any atom is 0.255 e. The second-order valence-corrected chi connectivity index (χ2v) is 11.7. The van der Waals surface area contributed by atoms with Gasteiger partial charge in [-0.2, -0.15) is 0 Å². The Kier molecular flexibility index (Phi) is 8.49. The number of hydrogen-bond acceptors (Lipinski definition) is 6. The van der Waals surface area contributed by atoms with Crippen molar-refractivity contribution in [2.75, 3.05) is 17.7 Å². The first-order chi connectivity index (χ1) is 21.1. The number of hydrogen-bond donors (Lipinski definition) is 2. The average molecular weight is 602 g/mol. The number of para-hydroxylation sites is 1. The number of nitrogens with one attached hydrogen (secondary N) is 2. The topological polar surface area (TPSA) is 80.3 Å². The SMILES string of the molecule is COc1ccccc1-c1csc(NC(=O)C(Sc2ccc(NC(=O)c3ccc4ccccc4c3)cc2)c2ccccc2)n1. The van der Waals surface area contributed by atoms with Crippen LogP contribution in [-0.4, -0.2) is 23.9 Å². The maximum atomic E-state index is 13.6. The van der Waals surface area contributed by atoms with E-state index < -0.39 is 5.25 Å². The molecule has 0 aliphatic rings. The van der Waals surface area contributed by atoms with Crippen molar-refractivity contribution >= 4 is 56.5 Å². The van der Waals surface area contributed by atoms with Gasteiger partial charge in [0, 0.05) is 27.1 Å². The van der Waals surface area contributed by atoms with E-state index >= 15 is 0 Å². The van der Waals surface area contributed by atoms with Crippen LogP contribution in [0.15, 0.2) is 132 Å². The number of ether oxygens (including phenoxy) is 1. The molecule has 6 nitrogen and oxygen atoms in total. The molecule has 0 saturated carbocycles. The highest BCUT2D eigenvalue weighted by Crippen LogP contribution is 2.38. The number of thioether (sulfide) groups is 1. The lowest BCUT2D eigenvalue weighted by atomic mass is 10.1. The van der Waals surface area contributed by atoms with E-state index in [4.69, 9.17) is 4.74 Å². The zero-order chi connectivity index (χ0) is 29.6. The fourth-order valence-electron chi connectivity index (χ4n) is 4.67. The minimum absolute atomic E-state index is 0.175. The van der Waals surface area contributed by atoms with Gasteiger partial charge in [-0.25, -0.2) is 4.98 Å². The predicted molar refractivity (Wildman–Crippen MR) is 176 cm³/mol. The first-order valence-corrected chi connectivity index (χ1v) is 15.3. The molecule has 0 bridgehead atoms. The van der Waals surface area contributed by atoms with Gasteiger partial charge in [-0.1, -0.05) is 72.8 Å². The molecule has 1 atom stereocenters. The van der Waals surface area contributed by atoms with E-state index in [1.807, 2.05) is 127 Å². The molecule has 1 unspecified atom stereocenters. The summed E-state index contributed by atoms with van der Waals surface area (Å²) in [4.78, 5) is 32.1. The van der Waals surface area contributed by atoms with Crippen LogP contribution in [0.2, 0.25) is 0 Å². The van der Waals surface area contributed by atoms with Crippen LogP contribution < -0.4 is 15.4 Å². The fraction of sp³-hybridized carbons (Fsp3) is 0.0571. The van der Waals surface area contributed by atoms with Gasteiger partial charge in [0.15, 0.2) is 5.13 Å². The summed E-state index contributed by atoms with van der Waals surface area (Å²) >= 11 is 2.80. The number of benzene rings is 5. The van der Waals surface area contributed by atoms with Crippen molar-refractivity contribution in [3.05, 3.63) is 138 Å². The largest absolute Gasteiger partial charge is 0.496 e. The van der Waals surface area contributed by atoms with E-state index in [9.17, 15) is 9.59 Å². The maximum absolute atomic E-state index is 13.6. The van der Waals surface area contributed by atoms with Crippen molar-refractivity contribution in [2.45, 2.75) is 10.1 Å². The zero-order valence-corrected chi connectivity index (χ0v) is 24.8. The van der Waals surface area contributed by atoms with E-state index in [1.165, 1.54) is 23.1 Å². The Balaban J connectivity index is 1.16. The summed E-state index contributed by atoms with van der Waals surface area (Å²) in [5, 5.41) is 9.98. The highest BCUT2D eigenvalue weighted by Gasteiger charge is 2.23. The third-order valence-corrected chi connectivity index (χ3v) is 8.86. The summed E-state index contributed by atoms with van der Waals surface area (Å²) in [6, 6.07) is 38.4. The van der Waals surface area contributed by atoms with Crippen LogP contribution in [0.5, 0.6) is 5.75 Å². The van der Waals surface area contributed by atoms with Gasteiger partial charge in [0.1, 0.15) is 11.0 Å². The van der Waals surface area contributed by atoms with Gasteiger partial charge in [0.05, 0.1) is 12.8 Å². The van der Waals surface area contributed by atoms with Crippen LogP contribution >= 0.6 is 23.1 Å². The van der Waals surface area contributed by atoms with Crippen LogP contribution in [0.4, 0.5) is 10.8 Å². The molecule has 6 rings (SSSR count). The third-order valence-electron chi connectivity index (χ3n) is 6.84. The molecule has 0 spiro atoms. The number of carbonyl (C=O) groups excluding carboxylic acids is 2. The molecule has 0 radical (unpaired) electrons. The zero-order valence-electron chi connectivity index (χ0n) is 23.2. The molecular weight excluding hydrogens is 575 g/mol. The number of rotatable bonds is 9. The Morgan fingerprint density at radius 1 is 0.791 bits per heavy atom. The quantitative estimate of drug-likeness (QED) is 0.162. The van der Waals surface area contributed by atoms with Gasteiger partial charge in [-0.05, 0) is 64.9 Å². The van der Waals surface area contributed by atoms with E-state index in [0.29, 0.717) is 16.4 Å². The molecule has 6 aromatic rings. The van der Waals surface area contributed by atoms with Crippen molar-refractivity contribution in [1.29, 1.82) is 0 Å². The number of aromatic nitrogens is 1. The number of amides is 2. The number of methoxy groups -OCH3 is 1. The lowest BCUT2D eigenvalue weighted by molar-refractivity contribution is -0.115. The van der Waals surface area contributed by atoms with Crippen LogP contribution in [0.25, 0.3) is 22.0 Å². The van der Waals surface area contributed by atoms with Gasteiger partial charge in [0.2, 0.25) is 5.91 Å². The first-order valence-electron chi connectivity index (χ1n) is 13.6. The molecule has 2 amide bonds. The monoisotopic (exact) mass is 601 g/mol. The number of anilines is 2. The van der Waals surface area contributed by atoms with Crippen molar-refractivity contribution < 1.29 is 14.3 Å². The summed E-state index contributed by atoms with van der Waals surface area (Å²) in [5.41, 5.74) is 3.75. The molecule has 0 saturated heterocycles. The van der Waals surface area contributed by atoms with E-state index in [0.717, 1.165) is 38.2 Å². The minimum atomic E-state index is -0.516. The summed E-state index contributed by atoms with van der Waals surface area (Å²) in [6.45, 7) is 0. The highest BCUT2D eigenvalue weighted by atomic mass is 32.2. The molecule has 0 aliphatic carbocycles. The Bertz CT molecular complexity index is 1890. The summed E-state index contributed by atoms with van der Waals surface area (Å²) in [6.07, 6.45) is 0. The molecule has 5 aromatic carbocycles. The Morgan fingerprint density at radius 3 is 2.30 bits per heavy atom. The average Bonchev–Trinajstić information content (AvgIpc) is 3.52. The molecule has 212 valence electrons. The molecular formula is C35H27N3O3S2. The van der Waals surface area contributed by atoms with Gasteiger partial charge in [-0.3, -0.25) is 9.59 Å². The highest BCUT2D eigenvalue weighted by molar-refractivity contribution is 8.00. The second-order valence-electron chi connectivity index (χ2n) is 9.68. The van der Waals surface area contributed by atoms with Crippen molar-refractivity contribution in [1.82, 2.24) is 4.98 Å². The molecule has 8 heteroatoms. The van der Waals surface area contributed by atoms with Crippen LogP contribution in [0, 0.1) is 0 Å². The predicted octanol–water partition coefficient (Wildman–Crippen LogP) is 8.70. The van der Waals surface area contributed by atoms with Gasteiger partial charge >= 0.3 is 0 Å². The van der Waals surface area contributed by atoms with E-state index in [1.54, 1.807) is 7.11 Å². The number of thiazole rings is 1. The summed E-state index contributed by atoms with van der Waals surface area (Å²) in [7, 11) is 1.63. The molecule has 2 N–H and O–H groups in total. The molecule has 0 fully saturated rings. The normalized spacial score (nSPS) is 11.6. The summed E-state index contributed by atoms with van der Waals surface area (Å²) < 4.78 is 5.47. The Morgan fingerprint density at radius 2 is 1.51 bits per heavy atom. The number of carbonyl (C=O) groups is 2. The Hall–Kier alpha value is -4.92. The van der Waals surface area contributed by atoms with Gasteiger partial charge < -0.3 is 15.4 Å². The second kappa shape index (κ2) is 12.9. The van der Waals surface area contributed by atoms with Crippen LogP contribution in [0.1, 0.15) is 21.2 Å².